The SMILES string of the molecule is O=C1C(c2ccccc2)N(c2ccccc2)C(=O)N1c1ccccc1. The first-order valence-corrected chi connectivity index (χ1v) is 8.09. The van der Waals surface area contributed by atoms with Crippen molar-refractivity contribution in [2.75, 3.05) is 9.80 Å². The summed E-state index contributed by atoms with van der Waals surface area (Å²) in [6, 6.07) is 26.7. The summed E-state index contributed by atoms with van der Waals surface area (Å²) < 4.78 is 0. The van der Waals surface area contributed by atoms with Crippen molar-refractivity contribution in [3.05, 3.63) is 96.6 Å². The third-order valence-electron chi connectivity index (χ3n) is 4.27. The fraction of sp³-hybridized carbons (Fsp3) is 0.0476. The predicted octanol–water partition coefficient (Wildman–Crippen LogP) is 4.40. The van der Waals surface area contributed by atoms with E-state index in [9.17, 15) is 9.59 Å². The van der Waals surface area contributed by atoms with Gasteiger partial charge in [-0.05, 0) is 29.8 Å². The molecule has 4 nitrogen and oxygen atoms in total. The van der Waals surface area contributed by atoms with Crippen LogP contribution < -0.4 is 9.80 Å². The third kappa shape index (κ3) is 2.58. The number of anilines is 2. The Balaban J connectivity index is 1.85. The minimum atomic E-state index is -0.670. The van der Waals surface area contributed by atoms with Gasteiger partial charge in [0.2, 0.25) is 0 Å². The van der Waals surface area contributed by atoms with Crippen LogP contribution in [0.25, 0.3) is 0 Å². The summed E-state index contributed by atoms with van der Waals surface area (Å²) >= 11 is 0. The van der Waals surface area contributed by atoms with E-state index in [1.807, 2.05) is 78.9 Å². The number of amides is 3. The molecule has 1 unspecified atom stereocenters. The Bertz CT molecular complexity index is 837. The molecule has 0 spiro atoms. The lowest BCUT2D eigenvalue weighted by molar-refractivity contribution is -0.118. The molecule has 1 atom stereocenters. The number of hydrogen-bond donors (Lipinski definition) is 0. The molecule has 122 valence electrons. The van der Waals surface area contributed by atoms with E-state index in [4.69, 9.17) is 0 Å². The minimum Gasteiger partial charge on any atom is -0.277 e. The van der Waals surface area contributed by atoms with Gasteiger partial charge < -0.3 is 0 Å². The Hall–Kier alpha value is -3.40. The number of carbonyl (C=O) groups is 2. The first-order chi connectivity index (χ1) is 12.3. The van der Waals surface area contributed by atoms with Crippen LogP contribution in [-0.4, -0.2) is 11.9 Å². The van der Waals surface area contributed by atoms with Gasteiger partial charge in [0, 0.05) is 5.69 Å². The first-order valence-electron chi connectivity index (χ1n) is 8.09. The number of imide groups is 1. The van der Waals surface area contributed by atoms with E-state index in [1.54, 1.807) is 17.0 Å². The van der Waals surface area contributed by atoms with Crippen molar-refractivity contribution in [3.8, 4) is 0 Å². The monoisotopic (exact) mass is 328 g/mol. The lowest BCUT2D eigenvalue weighted by Crippen LogP contribution is -2.33. The van der Waals surface area contributed by atoms with Crippen LogP contribution in [0.15, 0.2) is 91.0 Å². The summed E-state index contributed by atoms with van der Waals surface area (Å²) in [5, 5.41) is 0. The molecule has 1 aliphatic rings. The molecule has 0 saturated carbocycles. The summed E-state index contributed by atoms with van der Waals surface area (Å²) in [5.74, 6) is -0.244. The fourth-order valence-electron chi connectivity index (χ4n) is 3.13. The molecule has 4 heteroatoms. The molecule has 0 radical (unpaired) electrons. The third-order valence-corrected chi connectivity index (χ3v) is 4.27. The van der Waals surface area contributed by atoms with Crippen LogP contribution >= 0.6 is 0 Å². The maximum Gasteiger partial charge on any atom is 0.336 e. The van der Waals surface area contributed by atoms with Gasteiger partial charge in [-0.2, -0.15) is 0 Å². The van der Waals surface area contributed by atoms with Crippen LogP contribution in [0.3, 0.4) is 0 Å². The zero-order valence-electron chi connectivity index (χ0n) is 13.4. The van der Waals surface area contributed by atoms with Gasteiger partial charge in [0.15, 0.2) is 0 Å². The lowest BCUT2D eigenvalue weighted by Gasteiger charge is -2.22. The van der Waals surface area contributed by atoms with Crippen LogP contribution in [0.2, 0.25) is 0 Å². The molecule has 1 aliphatic heterocycles. The molecular weight excluding hydrogens is 312 g/mol. The normalized spacial score (nSPS) is 17.2. The quantitative estimate of drug-likeness (QED) is 0.669. The van der Waals surface area contributed by atoms with Crippen LogP contribution in [0.5, 0.6) is 0 Å². The van der Waals surface area contributed by atoms with Gasteiger partial charge in [0.05, 0.1) is 5.69 Å². The molecule has 3 aromatic rings. The molecule has 0 aliphatic carbocycles. The smallest absolute Gasteiger partial charge is 0.277 e. The van der Waals surface area contributed by atoms with Crippen molar-refractivity contribution >= 4 is 23.3 Å². The van der Waals surface area contributed by atoms with Gasteiger partial charge >= 0.3 is 6.03 Å². The molecular formula is C21H16N2O2. The maximum absolute atomic E-state index is 13.2. The second kappa shape index (κ2) is 6.24. The molecule has 0 N–H and O–H groups in total. The molecule has 1 heterocycles. The molecule has 3 aromatic carbocycles. The van der Waals surface area contributed by atoms with E-state index in [1.165, 1.54) is 4.90 Å². The minimum absolute atomic E-state index is 0.244. The van der Waals surface area contributed by atoms with Crippen molar-refractivity contribution in [1.82, 2.24) is 0 Å². The summed E-state index contributed by atoms with van der Waals surface area (Å²) in [6.45, 7) is 0. The van der Waals surface area contributed by atoms with Crippen molar-refractivity contribution in [2.24, 2.45) is 0 Å². The highest BCUT2D eigenvalue weighted by Crippen LogP contribution is 2.37. The van der Waals surface area contributed by atoms with Crippen LogP contribution in [0, 0.1) is 0 Å². The Morgan fingerprint density at radius 3 is 1.64 bits per heavy atom. The average molecular weight is 328 g/mol. The zero-order valence-corrected chi connectivity index (χ0v) is 13.4. The Morgan fingerprint density at radius 2 is 1.08 bits per heavy atom. The number of carbonyl (C=O) groups excluding carboxylic acids is 2. The summed E-state index contributed by atoms with van der Waals surface area (Å²) in [4.78, 5) is 29.1. The predicted molar refractivity (Wildman–Crippen MR) is 97.4 cm³/mol. The van der Waals surface area contributed by atoms with E-state index >= 15 is 0 Å². The fourth-order valence-corrected chi connectivity index (χ4v) is 3.13. The molecule has 3 amide bonds. The van der Waals surface area contributed by atoms with Gasteiger partial charge in [-0.3, -0.25) is 9.69 Å². The highest BCUT2D eigenvalue weighted by Gasteiger charge is 2.47. The number of hydrogen-bond acceptors (Lipinski definition) is 2. The second-order valence-corrected chi connectivity index (χ2v) is 5.81. The van der Waals surface area contributed by atoms with Gasteiger partial charge in [0.25, 0.3) is 5.91 Å². The van der Waals surface area contributed by atoms with E-state index in [0.717, 1.165) is 5.56 Å². The average Bonchev–Trinajstić information content (AvgIpc) is 2.94. The Morgan fingerprint density at radius 1 is 0.600 bits per heavy atom. The lowest BCUT2D eigenvalue weighted by atomic mass is 10.1. The summed E-state index contributed by atoms with van der Waals surface area (Å²) in [6.07, 6.45) is 0. The van der Waals surface area contributed by atoms with E-state index in [-0.39, 0.29) is 11.9 Å². The Labute approximate surface area is 145 Å². The highest BCUT2D eigenvalue weighted by molar-refractivity contribution is 6.28. The number of urea groups is 1. The molecule has 25 heavy (non-hydrogen) atoms. The highest BCUT2D eigenvalue weighted by atomic mass is 16.2. The van der Waals surface area contributed by atoms with Crippen LogP contribution in [0.1, 0.15) is 11.6 Å². The number of para-hydroxylation sites is 2. The van der Waals surface area contributed by atoms with Crippen LogP contribution in [0.4, 0.5) is 16.2 Å². The van der Waals surface area contributed by atoms with Crippen molar-refractivity contribution in [1.29, 1.82) is 0 Å². The van der Waals surface area contributed by atoms with E-state index in [2.05, 4.69) is 0 Å². The molecule has 0 aromatic heterocycles. The first kappa shape index (κ1) is 15.1. The summed E-state index contributed by atoms with van der Waals surface area (Å²) in [7, 11) is 0. The Kier molecular flexibility index (Phi) is 3.78. The van der Waals surface area contributed by atoms with Gasteiger partial charge in [-0.15, -0.1) is 0 Å². The van der Waals surface area contributed by atoms with Gasteiger partial charge in [0.1, 0.15) is 6.04 Å². The van der Waals surface area contributed by atoms with Crippen molar-refractivity contribution in [2.45, 2.75) is 6.04 Å². The molecule has 4 rings (SSSR count). The molecule has 0 bridgehead atoms. The number of rotatable bonds is 3. The number of benzene rings is 3. The van der Waals surface area contributed by atoms with Crippen molar-refractivity contribution < 1.29 is 9.59 Å². The van der Waals surface area contributed by atoms with E-state index in [0.29, 0.717) is 11.4 Å². The number of nitrogens with zero attached hydrogens (tertiary/aromatic N) is 2. The van der Waals surface area contributed by atoms with E-state index < -0.39 is 6.04 Å². The summed E-state index contributed by atoms with van der Waals surface area (Å²) in [5.41, 5.74) is 2.08. The standard InChI is InChI=1S/C21H16N2O2/c24-20-19(16-10-4-1-5-11-16)22(17-12-6-2-7-13-17)21(25)23(20)18-14-8-3-9-15-18/h1-15,19H. The van der Waals surface area contributed by atoms with Gasteiger partial charge in [-0.25, -0.2) is 9.69 Å². The maximum atomic E-state index is 13.2. The topological polar surface area (TPSA) is 40.6 Å². The zero-order chi connectivity index (χ0) is 17.2. The van der Waals surface area contributed by atoms with Crippen LogP contribution in [-0.2, 0) is 4.79 Å². The van der Waals surface area contributed by atoms with Crippen molar-refractivity contribution in [3.63, 3.8) is 0 Å². The van der Waals surface area contributed by atoms with Gasteiger partial charge in [-0.1, -0.05) is 66.7 Å². The second-order valence-electron chi connectivity index (χ2n) is 5.81. The molecule has 1 saturated heterocycles. The molecule has 1 fully saturated rings. The largest absolute Gasteiger partial charge is 0.336 e.